The van der Waals surface area contributed by atoms with E-state index < -0.39 is 5.54 Å². The zero-order valence-electron chi connectivity index (χ0n) is 12.2. The molecule has 1 saturated carbocycles. The smallest absolute Gasteiger partial charge is 0.325 e. The molecule has 1 saturated heterocycles. The molecule has 5 nitrogen and oxygen atoms in total. The Morgan fingerprint density at radius 1 is 1.24 bits per heavy atom. The molecule has 5 heteroatoms. The van der Waals surface area contributed by atoms with Crippen molar-refractivity contribution >= 4 is 11.9 Å². The highest BCUT2D eigenvalue weighted by Gasteiger charge is 2.52. The van der Waals surface area contributed by atoms with Gasteiger partial charge in [-0.1, -0.05) is 31.4 Å². The van der Waals surface area contributed by atoms with E-state index in [1.165, 1.54) is 0 Å². The summed E-state index contributed by atoms with van der Waals surface area (Å²) in [7, 11) is 1.62. The van der Waals surface area contributed by atoms with E-state index in [0.717, 1.165) is 43.4 Å². The fourth-order valence-electron chi connectivity index (χ4n) is 3.41. The highest BCUT2D eigenvalue weighted by Crippen LogP contribution is 2.38. The molecular weight excluding hydrogens is 268 g/mol. The number of urea groups is 1. The van der Waals surface area contributed by atoms with Gasteiger partial charge in [-0.2, -0.15) is 0 Å². The highest BCUT2D eigenvalue weighted by atomic mass is 16.5. The van der Waals surface area contributed by atoms with Crippen LogP contribution in [0.15, 0.2) is 24.3 Å². The summed E-state index contributed by atoms with van der Waals surface area (Å²) in [5.74, 6) is 0.631. The van der Waals surface area contributed by atoms with Gasteiger partial charge in [0, 0.05) is 6.54 Å². The molecule has 1 aliphatic carbocycles. The van der Waals surface area contributed by atoms with Crippen molar-refractivity contribution in [2.75, 3.05) is 7.11 Å². The van der Waals surface area contributed by atoms with Gasteiger partial charge in [0.05, 0.1) is 7.11 Å². The quantitative estimate of drug-likeness (QED) is 0.869. The van der Waals surface area contributed by atoms with Crippen LogP contribution in [0, 0.1) is 0 Å². The minimum atomic E-state index is -0.640. The zero-order valence-corrected chi connectivity index (χ0v) is 12.2. The van der Waals surface area contributed by atoms with E-state index in [1.54, 1.807) is 12.0 Å². The molecule has 21 heavy (non-hydrogen) atoms. The van der Waals surface area contributed by atoms with Crippen molar-refractivity contribution in [2.24, 2.45) is 0 Å². The van der Waals surface area contributed by atoms with Crippen molar-refractivity contribution in [3.8, 4) is 5.75 Å². The first-order chi connectivity index (χ1) is 10.2. The number of nitrogens with zero attached hydrogens (tertiary/aromatic N) is 1. The molecule has 1 aromatic rings. The van der Waals surface area contributed by atoms with Crippen LogP contribution in [0.5, 0.6) is 5.75 Å². The van der Waals surface area contributed by atoms with Gasteiger partial charge in [-0.3, -0.25) is 10.1 Å². The Kier molecular flexibility index (Phi) is 3.57. The van der Waals surface area contributed by atoms with Crippen LogP contribution in [0.4, 0.5) is 4.79 Å². The number of hydrogen-bond donors (Lipinski definition) is 1. The van der Waals surface area contributed by atoms with Crippen molar-refractivity contribution in [1.82, 2.24) is 10.2 Å². The summed E-state index contributed by atoms with van der Waals surface area (Å²) in [5.41, 5.74) is 0.336. The van der Waals surface area contributed by atoms with Crippen LogP contribution < -0.4 is 10.1 Å². The largest absolute Gasteiger partial charge is 0.497 e. The van der Waals surface area contributed by atoms with Gasteiger partial charge in [-0.05, 0) is 30.5 Å². The summed E-state index contributed by atoms with van der Waals surface area (Å²) in [6, 6.07) is 7.36. The Morgan fingerprint density at radius 3 is 2.71 bits per heavy atom. The van der Waals surface area contributed by atoms with Crippen LogP contribution in [0.25, 0.3) is 0 Å². The van der Waals surface area contributed by atoms with Crippen LogP contribution in [0.3, 0.4) is 0 Å². The Morgan fingerprint density at radius 2 is 2.00 bits per heavy atom. The minimum absolute atomic E-state index is 0.130. The van der Waals surface area contributed by atoms with Crippen LogP contribution in [0.2, 0.25) is 0 Å². The van der Waals surface area contributed by atoms with Crippen LogP contribution in [0.1, 0.15) is 37.7 Å². The maximum absolute atomic E-state index is 12.3. The number of imide groups is 1. The number of hydrogen-bond acceptors (Lipinski definition) is 3. The lowest BCUT2D eigenvalue weighted by Gasteiger charge is -2.38. The third-order valence-electron chi connectivity index (χ3n) is 4.56. The second-order valence-corrected chi connectivity index (χ2v) is 5.79. The predicted octanol–water partition coefficient (Wildman–Crippen LogP) is 2.45. The van der Waals surface area contributed by atoms with Gasteiger partial charge in [0.25, 0.3) is 5.91 Å². The number of carbonyl (C=O) groups is 2. The third kappa shape index (κ3) is 2.37. The normalized spacial score (nSPS) is 20.7. The Bertz CT molecular complexity index is 564. The molecule has 1 spiro atoms. The monoisotopic (exact) mass is 288 g/mol. The van der Waals surface area contributed by atoms with Crippen LogP contribution >= 0.6 is 0 Å². The molecule has 1 N–H and O–H groups in total. The number of nitrogens with one attached hydrogen (secondary N) is 1. The van der Waals surface area contributed by atoms with Crippen molar-refractivity contribution in [3.63, 3.8) is 0 Å². The first-order valence-electron chi connectivity index (χ1n) is 7.42. The summed E-state index contributed by atoms with van der Waals surface area (Å²) >= 11 is 0. The lowest BCUT2D eigenvalue weighted by Crippen LogP contribution is -2.50. The lowest BCUT2D eigenvalue weighted by molar-refractivity contribution is -0.128. The van der Waals surface area contributed by atoms with E-state index in [9.17, 15) is 9.59 Å². The second-order valence-electron chi connectivity index (χ2n) is 5.79. The number of rotatable bonds is 3. The van der Waals surface area contributed by atoms with Gasteiger partial charge >= 0.3 is 6.03 Å². The topological polar surface area (TPSA) is 58.6 Å². The molecule has 0 unspecified atom stereocenters. The molecule has 3 rings (SSSR count). The van der Waals surface area contributed by atoms with Crippen LogP contribution in [-0.4, -0.2) is 29.5 Å². The average molecular weight is 288 g/mol. The van der Waals surface area contributed by atoms with Gasteiger partial charge in [0.2, 0.25) is 0 Å². The fraction of sp³-hybridized carbons (Fsp3) is 0.500. The van der Waals surface area contributed by atoms with Crippen molar-refractivity contribution in [3.05, 3.63) is 29.8 Å². The molecule has 0 radical (unpaired) electrons. The maximum Gasteiger partial charge on any atom is 0.325 e. The second kappa shape index (κ2) is 5.39. The van der Waals surface area contributed by atoms with Gasteiger partial charge in [-0.15, -0.1) is 0 Å². The predicted molar refractivity (Wildman–Crippen MR) is 77.9 cm³/mol. The summed E-state index contributed by atoms with van der Waals surface area (Å²) in [4.78, 5) is 26.2. The highest BCUT2D eigenvalue weighted by molar-refractivity contribution is 6.07. The van der Waals surface area contributed by atoms with Gasteiger partial charge < -0.3 is 9.64 Å². The van der Waals surface area contributed by atoms with E-state index >= 15 is 0 Å². The van der Waals surface area contributed by atoms with E-state index in [-0.39, 0.29) is 11.9 Å². The molecule has 0 atom stereocenters. The molecule has 0 bridgehead atoms. The average Bonchev–Trinajstić information content (AvgIpc) is 2.73. The molecule has 1 aromatic carbocycles. The fourth-order valence-corrected chi connectivity index (χ4v) is 3.41. The lowest BCUT2D eigenvalue weighted by atomic mass is 9.80. The molecule has 112 valence electrons. The van der Waals surface area contributed by atoms with E-state index in [4.69, 9.17) is 4.74 Å². The Balaban J connectivity index is 1.87. The van der Waals surface area contributed by atoms with Crippen molar-refractivity contribution in [1.29, 1.82) is 0 Å². The molecule has 3 amide bonds. The first kappa shape index (κ1) is 13.9. The summed E-state index contributed by atoms with van der Waals surface area (Å²) < 4.78 is 5.22. The number of carbonyl (C=O) groups excluding carboxylic acids is 2. The molecule has 2 aliphatic rings. The summed E-state index contributed by atoms with van der Waals surface area (Å²) in [6.45, 7) is 0.439. The molecule has 1 heterocycles. The Hall–Kier alpha value is -2.04. The zero-order chi connectivity index (χ0) is 14.9. The number of methoxy groups -OCH3 is 1. The standard InChI is InChI=1S/C16H20N2O3/c1-21-13-7-5-6-12(10-13)11-18-15(20)17-14(19)16(18)8-3-2-4-9-16/h5-7,10H,2-4,8-9,11H2,1H3,(H,17,19,20). The van der Waals surface area contributed by atoms with Crippen molar-refractivity contribution in [2.45, 2.75) is 44.2 Å². The number of amides is 3. The maximum atomic E-state index is 12.3. The molecular formula is C16H20N2O3. The number of benzene rings is 1. The molecule has 0 aromatic heterocycles. The Labute approximate surface area is 124 Å². The van der Waals surface area contributed by atoms with Gasteiger partial charge in [0.15, 0.2) is 0 Å². The molecule has 2 fully saturated rings. The minimum Gasteiger partial charge on any atom is -0.497 e. The van der Waals surface area contributed by atoms with Gasteiger partial charge in [-0.25, -0.2) is 4.79 Å². The van der Waals surface area contributed by atoms with E-state index in [2.05, 4.69) is 5.32 Å². The summed E-state index contributed by atoms with van der Waals surface area (Å²) in [5, 5.41) is 2.49. The van der Waals surface area contributed by atoms with E-state index in [1.807, 2.05) is 24.3 Å². The molecule has 1 aliphatic heterocycles. The third-order valence-corrected chi connectivity index (χ3v) is 4.56. The summed E-state index contributed by atoms with van der Waals surface area (Å²) in [6.07, 6.45) is 4.64. The first-order valence-corrected chi connectivity index (χ1v) is 7.42. The number of ether oxygens (including phenoxy) is 1. The van der Waals surface area contributed by atoms with Gasteiger partial charge in [0.1, 0.15) is 11.3 Å². The SMILES string of the molecule is COc1cccc(CN2C(=O)NC(=O)C23CCCCC3)c1. The van der Waals surface area contributed by atoms with E-state index in [0.29, 0.717) is 6.54 Å². The van der Waals surface area contributed by atoms with Crippen molar-refractivity contribution < 1.29 is 14.3 Å². The van der Waals surface area contributed by atoms with Crippen LogP contribution in [-0.2, 0) is 11.3 Å².